The molecule has 0 aliphatic rings. The number of rotatable bonds is 8. The molecule has 1 unspecified atom stereocenters. The number of hydrogen-bond donors (Lipinski definition) is 2. The van der Waals surface area contributed by atoms with Crippen molar-refractivity contribution in [3.63, 3.8) is 0 Å². The summed E-state index contributed by atoms with van der Waals surface area (Å²) in [6.07, 6.45) is 3.44. The molecule has 1 atom stereocenters. The number of carbonyl (C=O) groups excluding carboxylic acids is 1. The molecule has 0 saturated heterocycles. The first-order valence-corrected chi connectivity index (χ1v) is 7.96. The second-order valence-corrected chi connectivity index (χ2v) is 5.55. The van der Waals surface area contributed by atoms with Crippen molar-refractivity contribution < 1.29 is 14.8 Å². The Morgan fingerprint density at radius 3 is 2.64 bits per heavy atom. The highest BCUT2D eigenvalue weighted by Gasteiger charge is 2.11. The van der Waals surface area contributed by atoms with E-state index in [0.29, 0.717) is 18.5 Å². The standard InChI is InChI=1S/C19H20N2O4/c22-12-11-17(16-6-2-1-3-7-16)14-20-19(23)10-9-15-5-4-8-18(13-15)21(24)25/h1-10,13,17,22H,11-12,14H2,(H,20,23)/b10-9+. The largest absolute Gasteiger partial charge is 0.396 e. The third-order valence-electron chi connectivity index (χ3n) is 3.78. The Morgan fingerprint density at radius 1 is 1.20 bits per heavy atom. The van der Waals surface area contributed by atoms with E-state index in [-0.39, 0.29) is 24.1 Å². The number of nitrogens with zero attached hydrogens (tertiary/aromatic N) is 1. The molecular formula is C19H20N2O4. The molecule has 1 amide bonds. The summed E-state index contributed by atoms with van der Waals surface area (Å²) in [5, 5.41) is 22.8. The first kappa shape index (κ1) is 18.4. The molecule has 0 bridgehead atoms. The minimum atomic E-state index is -0.475. The Morgan fingerprint density at radius 2 is 1.96 bits per heavy atom. The number of aliphatic hydroxyl groups is 1. The average Bonchev–Trinajstić information content (AvgIpc) is 2.64. The minimum Gasteiger partial charge on any atom is -0.396 e. The van der Waals surface area contributed by atoms with Crippen LogP contribution in [-0.4, -0.2) is 29.1 Å². The van der Waals surface area contributed by atoms with Crippen molar-refractivity contribution in [2.75, 3.05) is 13.2 Å². The highest BCUT2D eigenvalue weighted by Crippen LogP contribution is 2.18. The van der Waals surface area contributed by atoms with Gasteiger partial charge in [-0.15, -0.1) is 0 Å². The van der Waals surface area contributed by atoms with Crippen LogP contribution < -0.4 is 5.32 Å². The summed E-state index contributed by atoms with van der Waals surface area (Å²) in [6.45, 7) is 0.446. The van der Waals surface area contributed by atoms with Crippen LogP contribution in [0.25, 0.3) is 6.08 Å². The molecule has 130 valence electrons. The molecule has 0 aromatic heterocycles. The molecule has 0 fully saturated rings. The summed E-state index contributed by atoms with van der Waals surface area (Å²) in [5.74, 6) is -0.258. The fraction of sp³-hybridized carbons (Fsp3) is 0.211. The predicted octanol–water partition coefficient (Wildman–Crippen LogP) is 2.89. The van der Waals surface area contributed by atoms with Gasteiger partial charge in [-0.3, -0.25) is 14.9 Å². The fourth-order valence-corrected chi connectivity index (χ4v) is 2.46. The molecule has 0 spiro atoms. The van der Waals surface area contributed by atoms with Gasteiger partial charge in [-0.25, -0.2) is 0 Å². The van der Waals surface area contributed by atoms with Gasteiger partial charge in [0, 0.05) is 37.3 Å². The Labute approximate surface area is 146 Å². The van der Waals surface area contributed by atoms with Crippen LogP contribution in [0.5, 0.6) is 0 Å². The molecule has 6 nitrogen and oxygen atoms in total. The van der Waals surface area contributed by atoms with E-state index in [4.69, 9.17) is 0 Å². The van der Waals surface area contributed by atoms with Crippen LogP contribution in [0.3, 0.4) is 0 Å². The van der Waals surface area contributed by atoms with Crippen molar-refractivity contribution in [1.82, 2.24) is 5.32 Å². The second kappa shape index (κ2) is 9.34. The number of carbonyl (C=O) groups is 1. The first-order chi connectivity index (χ1) is 12.1. The van der Waals surface area contributed by atoms with Crippen molar-refractivity contribution in [3.05, 3.63) is 81.9 Å². The predicted molar refractivity (Wildman–Crippen MR) is 96.0 cm³/mol. The first-order valence-electron chi connectivity index (χ1n) is 7.96. The third-order valence-corrected chi connectivity index (χ3v) is 3.78. The van der Waals surface area contributed by atoms with Gasteiger partial charge in [0.15, 0.2) is 0 Å². The number of aliphatic hydroxyl groups excluding tert-OH is 1. The van der Waals surface area contributed by atoms with Gasteiger partial charge in [0.25, 0.3) is 5.69 Å². The zero-order valence-corrected chi connectivity index (χ0v) is 13.7. The van der Waals surface area contributed by atoms with Crippen molar-refractivity contribution in [2.45, 2.75) is 12.3 Å². The lowest BCUT2D eigenvalue weighted by Gasteiger charge is -2.16. The maximum Gasteiger partial charge on any atom is 0.270 e. The zero-order chi connectivity index (χ0) is 18.1. The normalized spacial score (nSPS) is 12.0. The van der Waals surface area contributed by atoms with E-state index in [1.807, 2.05) is 30.3 Å². The van der Waals surface area contributed by atoms with E-state index in [1.165, 1.54) is 24.3 Å². The third kappa shape index (κ3) is 5.86. The molecule has 2 aromatic carbocycles. The van der Waals surface area contributed by atoms with Crippen molar-refractivity contribution in [2.24, 2.45) is 0 Å². The van der Waals surface area contributed by atoms with Crippen LogP contribution in [0.2, 0.25) is 0 Å². The van der Waals surface area contributed by atoms with Gasteiger partial charge in [-0.2, -0.15) is 0 Å². The number of nitrogens with one attached hydrogen (secondary N) is 1. The summed E-state index contributed by atoms with van der Waals surface area (Å²) < 4.78 is 0. The molecular weight excluding hydrogens is 320 g/mol. The molecule has 0 aliphatic carbocycles. The molecule has 0 heterocycles. The van der Waals surface area contributed by atoms with Gasteiger partial charge < -0.3 is 10.4 Å². The Bertz CT molecular complexity index is 744. The highest BCUT2D eigenvalue weighted by atomic mass is 16.6. The summed E-state index contributed by atoms with van der Waals surface area (Å²) in [6, 6.07) is 15.8. The van der Waals surface area contributed by atoms with Crippen LogP contribution in [0.4, 0.5) is 5.69 Å². The molecule has 6 heteroatoms. The number of nitro benzene ring substituents is 1. The van der Waals surface area contributed by atoms with Crippen LogP contribution in [0.1, 0.15) is 23.5 Å². The van der Waals surface area contributed by atoms with Crippen molar-refractivity contribution in [1.29, 1.82) is 0 Å². The lowest BCUT2D eigenvalue weighted by Crippen LogP contribution is -2.27. The van der Waals surface area contributed by atoms with E-state index < -0.39 is 4.92 Å². The van der Waals surface area contributed by atoms with E-state index in [9.17, 15) is 20.0 Å². The van der Waals surface area contributed by atoms with Gasteiger partial charge >= 0.3 is 0 Å². The highest BCUT2D eigenvalue weighted by molar-refractivity contribution is 5.91. The zero-order valence-electron chi connectivity index (χ0n) is 13.7. The maximum atomic E-state index is 12.0. The van der Waals surface area contributed by atoms with E-state index in [1.54, 1.807) is 12.1 Å². The second-order valence-electron chi connectivity index (χ2n) is 5.55. The summed E-state index contributed by atoms with van der Waals surface area (Å²) in [7, 11) is 0. The summed E-state index contributed by atoms with van der Waals surface area (Å²) in [4.78, 5) is 22.3. The molecule has 25 heavy (non-hydrogen) atoms. The van der Waals surface area contributed by atoms with Crippen LogP contribution >= 0.6 is 0 Å². The molecule has 0 aliphatic heterocycles. The summed E-state index contributed by atoms with van der Waals surface area (Å²) in [5.41, 5.74) is 1.62. The Kier molecular flexibility index (Phi) is 6.86. The lowest BCUT2D eigenvalue weighted by atomic mass is 9.96. The average molecular weight is 340 g/mol. The lowest BCUT2D eigenvalue weighted by molar-refractivity contribution is -0.384. The van der Waals surface area contributed by atoms with Gasteiger partial charge in [-0.05, 0) is 23.6 Å². The number of nitro groups is 1. The minimum absolute atomic E-state index is 0.0188. The number of non-ortho nitro benzene ring substituents is 1. The molecule has 2 rings (SSSR count). The topological polar surface area (TPSA) is 92.5 Å². The molecule has 2 aromatic rings. The Balaban J connectivity index is 1.94. The summed E-state index contributed by atoms with van der Waals surface area (Å²) >= 11 is 0. The SMILES string of the molecule is O=C(/C=C/c1cccc([N+](=O)[O-])c1)NCC(CCO)c1ccccc1. The number of hydrogen-bond acceptors (Lipinski definition) is 4. The van der Waals surface area contributed by atoms with Crippen molar-refractivity contribution in [3.8, 4) is 0 Å². The van der Waals surface area contributed by atoms with E-state index in [0.717, 1.165) is 5.56 Å². The van der Waals surface area contributed by atoms with E-state index in [2.05, 4.69) is 5.32 Å². The molecule has 2 N–H and O–H groups in total. The van der Waals surface area contributed by atoms with E-state index >= 15 is 0 Å². The fourth-order valence-electron chi connectivity index (χ4n) is 2.46. The van der Waals surface area contributed by atoms with Crippen LogP contribution in [0, 0.1) is 10.1 Å². The monoisotopic (exact) mass is 340 g/mol. The van der Waals surface area contributed by atoms with Gasteiger partial charge in [0.2, 0.25) is 5.91 Å². The quantitative estimate of drug-likeness (QED) is 0.439. The van der Waals surface area contributed by atoms with Gasteiger partial charge in [-0.1, -0.05) is 42.5 Å². The van der Waals surface area contributed by atoms with Crippen molar-refractivity contribution >= 4 is 17.7 Å². The van der Waals surface area contributed by atoms with Gasteiger partial charge in [0.05, 0.1) is 4.92 Å². The number of benzene rings is 2. The smallest absolute Gasteiger partial charge is 0.270 e. The molecule has 0 radical (unpaired) electrons. The molecule has 0 saturated carbocycles. The number of amides is 1. The Hall–Kier alpha value is -2.99. The van der Waals surface area contributed by atoms with Crippen LogP contribution in [-0.2, 0) is 4.79 Å². The van der Waals surface area contributed by atoms with Gasteiger partial charge in [0.1, 0.15) is 0 Å². The maximum absolute atomic E-state index is 12.0. The van der Waals surface area contributed by atoms with Crippen LogP contribution in [0.15, 0.2) is 60.7 Å².